The molecule has 4 aliphatic rings. The molecular formula is C19H24O3. The Morgan fingerprint density at radius 2 is 1.86 bits per heavy atom. The van der Waals surface area contributed by atoms with E-state index in [1.54, 1.807) is 0 Å². The van der Waals surface area contributed by atoms with Gasteiger partial charge in [-0.1, -0.05) is 19.4 Å². The molecule has 3 heteroatoms. The normalized spacial score (nSPS) is 44.7. The highest BCUT2D eigenvalue weighted by Crippen LogP contribution is 2.59. The Kier molecular flexibility index (Phi) is 3.02. The van der Waals surface area contributed by atoms with Crippen LogP contribution in [0.2, 0.25) is 0 Å². The average molecular weight is 300 g/mol. The molecule has 0 saturated heterocycles. The fraction of sp³-hybridized carbons (Fsp3) is 0.737. The molecule has 3 unspecified atom stereocenters. The van der Waals surface area contributed by atoms with Gasteiger partial charge in [-0.2, -0.15) is 0 Å². The van der Waals surface area contributed by atoms with Crippen molar-refractivity contribution >= 4 is 17.3 Å². The Bertz CT molecular complexity index is 614. The van der Waals surface area contributed by atoms with Crippen LogP contribution in [0.1, 0.15) is 58.8 Å². The number of carbonyl (C=O) groups excluding carboxylic acids is 3. The topological polar surface area (TPSA) is 51.2 Å². The van der Waals surface area contributed by atoms with E-state index < -0.39 is 5.41 Å². The predicted molar refractivity (Wildman–Crippen MR) is 82.1 cm³/mol. The maximum atomic E-state index is 12.9. The van der Waals surface area contributed by atoms with Crippen LogP contribution in [0.5, 0.6) is 0 Å². The predicted octanol–water partition coefficient (Wildman–Crippen LogP) is 3.27. The molecule has 3 fully saturated rings. The first-order valence-electron chi connectivity index (χ1n) is 8.73. The molecule has 0 aliphatic heterocycles. The van der Waals surface area contributed by atoms with Crippen LogP contribution in [0.25, 0.3) is 0 Å². The number of rotatable bonds is 0. The van der Waals surface area contributed by atoms with Gasteiger partial charge in [-0.3, -0.25) is 14.4 Å². The number of allylic oxidation sites excluding steroid dienone is 2. The summed E-state index contributed by atoms with van der Waals surface area (Å²) in [6, 6.07) is 0. The summed E-state index contributed by atoms with van der Waals surface area (Å²) in [5.74, 6) is 2.17. The summed E-state index contributed by atoms with van der Waals surface area (Å²) < 4.78 is 0. The molecule has 118 valence electrons. The lowest BCUT2D eigenvalue weighted by Gasteiger charge is -2.49. The molecule has 0 aromatic carbocycles. The fourth-order valence-electron chi connectivity index (χ4n) is 5.95. The summed E-state index contributed by atoms with van der Waals surface area (Å²) in [6.45, 7) is 4.25. The summed E-state index contributed by atoms with van der Waals surface area (Å²) in [7, 11) is 0. The van der Waals surface area contributed by atoms with Gasteiger partial charge in [-0.05, 0) is 48.5 Å². The zero-order valence-corrected chi connectivity index (χ0v) is 13.5. The van der Waals surface area contributed by atoms with Crippen molar-refractivity contribution < 1.29 is 14.4 Å². The van der Waals surface area contributed by atoms with E-state index >= 15 is 0 Å². The molecule has 0 heterocycles. The van der Waals surface area contributed by atoms with E-state index in [-0.39, 0.29) is 11.7 Å². The lowest BCUT2D eigenvalue weighted by Crippen LogP contribution is -2.48. The number of fused-ring (bicyclic) bond motifs is 4. The first kappa shape index (κ1) is 14.3. The molecule has 0 aromatic heterocycles. The van der Waals surface area contributed by atoms with Gasteiger partial charge in [0, 0.05) is 31.1 Å². The van der Waals surface area contributed by atoms with Crippen LogP contribution < -0.4 is 0 Å². The lowest BCUT2D eigenvalue weighted by molar-refractivity contribution is -0.135. The van der Waals surface area contributed by atoms with E-state index in [0.717, 1.165) is 24.8 Å². The Hall–Kier alpha value is -1.25. The van der Waals surface area contributed by atoms with Crippen molar-refractivity contribution in [1.82, 2.24) is 0 Å². The molecule has 0 N–H and O–H groups in total. The van der Waals surface area contributed by atoms with Gasteiger partial charge in [-0.25, -0.2) is 0 Å². The molecule has 5 atom stereocenters. The highest BCUT2D eigenvalue weighted by Gasteiger charge is 2.58. The first-order chi connectivity index (χ1) is 10.4. The Morgan fingerprint density at radius 3 is 2.64 bits per heavy atom. The second-order valence-electron chi connectivity index (χ2n) is 8.20. The third kappa shape index (κ3) is 1.77. The van der Waals surface area contributed by atoms with E-state index in [1.807, 2.05) is 6.92 Å². The molecule has 4 rings (SSSR count). The molecule has 0 radical (unpaired) electrons. The Balaban J connectivity index is 1.82. The molecule has 22 heavy (non-hydrogen) atoms. The van der Waals surface area contributed by atoms with Crippen LogP contribution >= 0.6 is 0 Å². The monoisotopic (exact) mass is 300 g/mol. The van der Waals surface area contributed by atoms with Gasteiger partial charge >= 0.3 is 0 Å². The zero-order valence-electron chi connectivity index (χ0n) is 13.5. The summed E-state index contributed by atoms with van der Waals surface area (Å²) in [6.07, 6.45) is 5.02. The van der Waals surface area contributed by atoms with Gasteiger partial charge in [0.15, 0.2) is 5.78 Å². The van der Waals surface area contributed by atoms with Crippen molar-refractivity contribution in [1.29, 1.82) is 0 Å². The van der Waals surface area contributed by atoms with Gasteiger partial charge in [0.1, 0.15) is 11.6 Å². The quantitative estimate of drug-likeness (QED) is 0.690. The Labute approximate surface area is 131 Å². The van der Waals surface area contributed by atoms with E-state index in [1.165, 1.54) is 5.57 Å². The highest BCUT2D eigenvalue weighted by molar-refractivity contribution is 6.03. The minimum atomic E-state index is -0.419. The minimum absolute atomic E-state index is 0.208. The van der Waals surface area contributed by atoms with Gasteiger partial charge in [0.2, 0.25) is 0 Å². The molecule has 3 saturated carbocycles. The average Bonchev–Trinajstić information content (AvgIpc) is 2.74. The van der Waals surface area contributed by atoms with Crippen molar-refractivity contribution in [2.75, 3.05) is 0 Å². The number of Topliss-reactive ketones (excluding diaryl/α,β-unsaturated/α-hetero) is 3. The van der Waals surface area contributed by atoms with Crippen LogP contribution in [0, 0.1) is 29.1 Å². The van der Waals surface area contributed by atoms with Crippen LogP contribution in [0.3, 0.4) is 0 Å². The third-order valence-corrected chi connectivity index (χ3v) is 6.99. The summed E-state index contributed by atoms with van der Waals surface area (Å²) >= 11 is 0. The van der Waals surface area contributed by atoms with Crippen LogP contribution in [-0.4, -0.2) is 17.3 Å². The largest absolute Gasteiger partial charge is 0.300 e. The van der Waals surface area contributed by atoms with Crippen molar-refractivity contribution in [2.45, 2.75) is 58.8 Å². The van der Waals surface area contributed by atoms with Crippen LogP contribution in [0.15, 0.2) is 11.1 Å². The summed E-state index contributed by atoms with van der Waals surface area (Å²) in [4.78, 5) is 37.1. The Morgan fingerprint density at radius 1 is 1.09 bits per heavy atom. The molecule has 0 amide bonds. The van der Waals surface area contributed by atoms with E-state index in [4.69, 9.17) is 0 Å². The number of hydrogen-bond donors (Lipinski definition) is 0. The zero-order chi connectivity index (χ0) is 15.6. The van der Waals surface area contributed by atoms with Crippen molar-refractivity contribution in [3.8, 4) is 0 Å². The van der Waals surface area contributed by atoms with Crippen molar-refractivity contribution in [2.24, 2.45) is 29.1 Å². The van der Waals surface area contributed by atoms with Gasteiger partial charge in [0.05, 0.1) is 0 Å². The second-order valence-corrected chi connectivity index (χ2v) is 8.20. The van der Waals surface area contributed by atoms with Crippen molar-refractivity contribution in [3.63, 3.8) is 0 Å². The molecule has 0 aromatic rings. The molecular weight excluding hydrogens is 276 g/mol. The summed E-state index contributed by atoms with van der Waals surface area (Å²) in [5.41, 5.74) is 1.92. The SMILES string of the molecule is C[C@@H]1CC2CC(=O)CCC2=C2C(=O)C[C@]3(C)C(=O)CCC3C21. The minimum Gasteiger partial charge on any atom is -0.300 e. The number of ketones is 3. The summed E-state index contributed by atoms with van der Waals surface area (Å²) in [5, 5.41) is 0. The maximum absolute atomic E-state index is 12.9. The third-order valence-electron chi connectivity index (χ3n) is 6.99. The molecule has 0 bridgehead atoms. The van der Waals surface area contributed by atoms with Gasteiger partial charge in [-0.15, -0.1) is 0 Å². The van der Waals surface area contributed by atoms with E-state index in [0.29, 0.717) is 55.0 Å². The van der Waals surface area contributed by atoms with E-state index in [2.05, 4.69) is 6.92 Å². The smallest absolute Gasteiger partial charge is 0.160 e. The second kappa shape index (κ2) is 4.62. The number of carbonyl (C=O) groups is 3. The molecule has 4 aliphatic carbocycles. The molecule has 0 spiro atoms. The molecule has 3 nitrogen and oxygen atoms in total. The maximum Gasteiger partial charge on any atom is 0.160 e. The lowest BCUT2D eigenvalue weighted by atomic mass is 9.53. The fourth-order valence-corrected chi connectivity index (χ4v) is 5.95. The van der Waals surface area contributed by atoms with E-state index in [9.17, 15) is 14.4 Å². The van der Waals surface area contributed by atoms with Gasteiger partial charge in [0.25, 0.3) is 0 Å². The van der Waals surface area contributed by atoms with Gasteiger partial charge < -0.3 is 0 Å². The van der Waals surface area contributed by atoms with Crippen LogP contribution in [0.4, 0.5) is 0 Å². The van der Waals surface area contributed by atoms with Crippen molar-refractivity contribution in [3.05, 3.63) is 11.1 Å². The standard InChI is InChI=1S/C19H24O3/c1-10-7-11-8-12(20)3-4-13(11)18-15(21)9-19(2)14(17(10)18)5-6-16(19)22/h10-11,14,17H,3-9H2,1-2H3/t10-,11?,14?,17?,19+/m1/s1. The van der Waals surface area contributed by atoms with Crippen LogP contribution in [-0.2, 0) is 14.4 Å². The number of hydrogen-bond acceptors (Lipinski definition) is 3. The highest BCUT2D eigenvalue weighted by atomic mass is 16.1. The first-order valence-corrected chi connectivity index (χ1v) is 8.73.